The van der Waals surface area contributed by atoms with Crippen LogP contribution in [0.2, 0.25) is 0 Å². The number of para-hydroxylation sites is 4. The van der Waals surface area contributed by atoms with Gasteiger partial charge in [-0.15, -0.1) is 0 Å². The molecule has 11 aromatic rings. The van der Waals surface area contributed by atoms with Gasteiger partial charge in [-0.25, -0.2) is 4.98 Å². The first-order valence-corrected chi connectivity index (χ1v) is 20.9. The average Bonchev–Trinajstić information content (AvgIpc) is 3.79. The first-order valence-electron chi connectivity index (χ1n) is 20.9. The van der Waals surface area contributed by atoms with Crippen LogP contribution in [0.1, 0.15) is 0 Å². The summed E-state index contributed by atoms with van der Waals surface area (Å²) in [6, 6.07) is 85.3. The number of anilines is 9. The summed E-state index contributed by atoms with van der Waals surface area (Å²) >= 11 is 0. The SMILES string of the molecule is c1ccc(-c2nc3ccc4ccc5ccc(N(c6ccccc6)c6cccc(N(c7ccccc7)c7cccc(N(c8ccccc8)c8ccccc8)c7)c6)cc5c4c3o2)cc1. The van der Waals surface area contributed by atoms with Crippen LogP contribution < -0.4 is 14.7 Å². The molecule has 0 aliphatic carbocycles. The molecule has 1 aromatic heterocycles. The molecule has 10 aromatic carbocycles. The van der Waals surface area contributed by atoms with Crippen molar-refractivity contribution in [3.8, 4) is 11.5 Å². The second-order valence-electron chi connectivity index (χ2n) is 15.3. The van der Waals surface area contributed by atoms with Crippen molar-refractivity contribution in [1.29, 1.82) is 0 Å². The predicted octanol–water partition coefficient (Wildman–Crippen LogP) is 16.2. The Kier molecular flexibility index (Phi) is 9.45. The molecule has 0 aliphatic heterocycles. The summed E-state index contributed by atoms with van der Waals surface area (Å²) in [6.07, 6.45) is 0. The molecule has 11 rings (SSSR count). The number of hydrogen-bond donors (Lipinski definition) is 0. The molecule has 0 saturated carbocycles. The molecule has 5 heteroatoms. The number of nitrogens with zero attached hydrogens (tertiary/aromatic N) is 4. The van der Waals surface area contributed by atoms with Gasteiger partial charge in [0.05, 0.1) is 0 Å². The Labute approximate surface area is 360 Å². The fraction of sp³-hybridized carbons (Fsp3) is 0. The molecule has 0 bridgehead atoms. The van der Waals surface area contributed by atoms with E-state index in [0.717, 1.165) is 89.4 Å². The van der Waals surface area contributed by atoms with E-state index in [4.69, 9.17) is 9.40 Å². The second-order valence-corrected chi connectivity index (χ2v) is 15.3. The quantitative estimate of drug-likeness (QED) is 0.129. The van der Waals surface area contributed by atoms with E-state index < -0.39 is 0 Å². The average molecular weight is 797 g/mol. The summed E-state index contributed by atoms with van der Waals surface area (Å²) in [5.41, 5.74) is 12.0. The van der Waals surface area contributed by atoms with Gasteiger partial charge in [-0.05, 0) is 131 Å². The zero-order chi connectivity index (χ0) is 41.2. The number of benzene rings is 10. The summed E-state index contributed by atoms with van der Waals surface area (Å²) in [4.78, 5) is 11.9. The van der Waals surface area contributed by atoms with Gasteiger partial charge >= 0.3 is 0 Å². The fourth-order valence-electron chi connectivity index (χ4n) is 8.55. The lowest BCUT2D eigenvalue weighted by Crippen LogP contribution is -2.14. The van der Waals surface area contributed by atoms with Crippen molar-refractivity contribution in [2.24, 2.45) is 0 Å². The minimum Gasteiger partial charge on any atom is -0.435 e. The highest BCUT2D eigenvalue weighted by Crippen LogP contribution is 2.44. The lowest BCUT2D eigenvalue weighted by molar-refractivity contribution is 0.623. The second kappa shape index (κ2) is 16.0. The molecule has 294 valence electrons. The summed E-state index contributed by atoms with van der Waals surface area (Å²) in [7, 11) is 0. The topological polar surface area (TPSA) is 35.8 Å². The number of fused-ring (bicyclic) bond motifs is 5. The van der Waals surface area contributed by atoms with Crippen LogP contribution in [0, 0.1) is 0 Å². The Hall–Kier alpha value is -8.41. The van der Waals surface area contributed by atoms with Crippen LogP contribution in [0.3, 0.4) is 0 Å². The first kappa shape index (κ1) is 36.7. The zero-order valence-corrected chi connectivity index (χ0v) is 33.8. The monoisotopic (exact) mass is 796 g/mol. The van der Waals surface area contributed by atoms with Crippen molar-refractivity contribution in [3.05, 3.63) is 243 Å². The van der Waals surface area contributed by atoms with Crippen LogP contribution in [0.25, 0.3) is 44.1 Å². The molecule has 0 amide bonds. The molecule has 0 spiro atoms. The highest BCUT2D eigenvalue weighted by atomic mass is 16.3. The standard InChI is InChI=1S/C57H40N4O/c1-6-18-43(19-7-1)57-58-54-37-35-42-33-32-41-34-36-52(40-53(41)55(42)56(54)62-57)61(47-26-14-5-15-27-47)51-31-17-30-50(39-51)60(46-24-12-4-13-25-46)49-29-16-28-48(38-49)59(44-20-8-2-9-21-44)45-22-10-3-11-23-45/h1-40H. The maximum absolute atomic E-state index is 6.61. The largest absolute Gasteiger partial charge is 0.435 e. The number of oxazole rings is 1. The van der Waals surface area contributed by atoms with Crippen LogP contribution in [0.4, 0.5) is 51.2 Å². The molecule has 0 saturated heterocycles. The third kappa shape index (κ3) is 6.87. The van der Waals surface area contributed by atoms with Crippen LogP contribution >= 0.6 is 0 Å². The number of rotatable bonds is 10. The van der Waals surface area contributed by atoms with Gasteiger partial charge in [0.2, 0.25) is 5.89 Å². The van der Waals surface area contributed by atoms with Crippen LogP contribution in [-0.2, 0) is 0 Å². The van der Waals surface area contributed by atoms with Crippen molar-refractivity contribution < 1.29 is 4.42 Å². The zero-order valence-electron chi connectivity index (χ0n) is 33.8. The summed E-state index contributed by atoms with van der Waals surface area (Å²) in [6.45, 7) is 0. The summed E-state index contributed by atoms with van der Waals surface area (Å²) in [5.74, 6) is 0.616. The molecule has 0 N–H and O–H groups in total. The van der Waals surface area contributed by atoms with Gasteiger partial charge in [0.15, 0.2) is 5.58 Å². The number of aromatic nitrogens is 1. The van der Waals surface area contributed by atoms with Gasteiger partial charge in [0.1, 0.15) is 5.52 Å². The third-order valence-electron chi connectivity index (χ3n) is 11.4. The van der Waals surface area contributed by atoms with E-state index in [1.165, 1.54) is 0 Å². The molecule has 5 nitrogen and oxygen atoms in total. The van der Waals surface area contributed by atoms with Gasteiger partial charge < -0.3 is 19.1 Å². The van der Waals surface area contributed by atoms with E-state index in [2.05, 4.69) is 227 Å². The van der Waals surface area contributed by atoms with Gasteiger partial charge in [0.25, 0.3) is 0 Å². The van der Waals surface area contributed by atoms with E-state index in [0.29, 0.717) is 5.89 Å². The van der Waals surface area contributed by atoms with Crippen LogP contribution in [-0.4, -0.2) is 4.98 Å². The molecular weight excluding hydrogens is 757 g/mol. The Bertz CT molecular complexity index is 3260. The minimum atomic E-state index is 0.616. The third-order valence-corrected chi connectivity index (χ3v) is 11.4. The highest BCUT2D eigenvalue weighted by molar-refractivity contribution is 6.18. The van der Waals surface area contributed by atoms with E-state index in [9.17, 15) is 0 Å². The molecule has 0 aliphatic rings. The molecular formula is C57H40N4O. The fourth-order valence-corrected chi connectivity index (χ4v) is 8.55. The van der Waals surface area contributed by atoms with Gasteiger partial charge in [-0.3, -0.25) is 0 Å². The van der Waals surface area contributed by atoms with Crippen molar-refractivity contribution in [1.82, 2.24) is 4.98 Å². The molecule has 62 heavy (non-hydrogen) atoms. The van der Waals surface area contributed by atoms with E-state index in [-0.39, 0.29) is 0 Å². The van der Waals surface area contributed by atoms with Gasteiger partial charge in [0, 0.05) is 62.1 Å². The molecule has 1 heterocycles. The molecule has 0 fully saturated rings. The molecule has 0 unspecified atom stereocenters. The molecule has 0 atom stereocenters. The lowest BCUT2D eigenvalue weighted by atomic mass is 10.00. The Morgan fingerprint density at radius 1 is 0.306 bits per heavy atom. The van der Waals surface area contributed by atoms with Crippen molar-refractivity contribution in [2.45, 2.75) is 0 Å². The highest BCUT2D eigenvalue weighted by Gasteiger charge is 2.21. The van der Waals surface area contributed by atoms with Crippen molar-refractivity contribution >= 4 is 83.8 Å². The van der Waals surface area contributed by atoms with Gasteiger partial charge in [-0.2, -0.15) is 0 Å². The van der Waals surface area contributed by atoms with Crippen molar-refractivity contribution in [2.75, 3.05) is 14.7 Å². The van der Waals surface area contributed by atoms with E-state index in [1.54, 1.807) is 0 Å². The lowest BCUT2D eigenvalue weighted by Gasteiger charge is -2.31. The Balaban J connectivity index is 1.06. The first-order chi connectivity index (χ1) is 30.7. The summed E-state index contributed by atoms with van der Waals surface area (Å²) in [5, 5.41) is 4.38. The smallest absolute Gasteiger partial charge is 0.227 e. The minimum absolute atomic E-state index is 0.616. The van der Waals surface area contributed by atoms with Gasteiger partial charge in [-0.1, -0.05) is 127 Å². The Morgan fingerprint density at radius 2 is 0.677 bits per heavy atom. The molecule has 0 radical (unpaired) electrons. The van der Waals surface area contributed by atoms with Crippen LogP contribution in [0.5, 0.6) is 0 Å². The van der Waals surface area contributed by atoms with Crippen molar-refractivity contribution in [3.63, 3.8) is 0 Å². The summed E-state index contributed by atoms with van der Waals surface area (Å²) < 4.78 is 6.61. The van der Waals surface area contributed by atoms with E-state index >= 15 is 0 Å². The number of hydrogen-bond acceptors (Lipinski definition) is 5. The predicted molar refractivity (Wildman–Crippen MR) is 259 cm³/mol. The normalized spacial score (nSPS) is 11.2. The maximum atomic E-state index is 6.61. The van der Waals surface area contributed by atoms with E-state index in [1.807, 2.05) is 30.3 Å². The van der Waals surface area contributed by atoms with Crippen LogP contribution in [0.15, 0.2) is 247 Å². The Morgan fingerprint density at radius 3 is 1.16 bits per heavy atom. The maximum Gasteiger partial charge on any atom is 0.227 e.